The van der Waals surface area contributed by atoms with Gasteiger partial charge in [0.2, 0.25) is 5.91 Å². The van der Waals surface area contributed by atoms with Crippen LogP contribution >= 0.6 is 11.8 Å². The smallest absolute Gasteiger partial charge is 0.327 e. The first-order valence-electron chi connectivity index (χ1n) is 7.31. The van der Waals surface area contributed by atoms with Crippen LogP contribution in [-0.4, -0.2) is 39.1 Å². The first-order chi connectivity index (χ1) is 10.1. The maximum atomic E-state index is 12.9. The van der Waals surface area contributed by atoms with Crippen molar-refractivity contribution in [2.75, 3.05) is 5.75 Å². The van der Waals surface area contributed by atoms with Gasteiger partial charge in [0.25, 0.3) is 0 Å². The standard InChI is InChI=1S/C16H21NO3S/c1-3-12(11-8-6-5-7-9-11)15(18)17-13(16(19)20)10-21-14(17)4-2/h5-9,12-14H,3-4,10H2,1-2H3,(H,19,20). The van der Waals surface area contributed by atoms with Crippen molar-refractivity contribution in [1.29, 1.82) is 0 Å². The number of thioether (sulfide) groups is 1. The average molecular weight is 307 g/mol. The first kappa shape index (κ1) is 15.9. The van der Waals surface area contributed by atoms with E-state index in [1.807, 2.05) is 44.2 Å². The van der Waals surface area contributed by atoms with Gasteiger partial charge in [0, 0.05) is 5.75 Å². The highest BCUT2D eigenvalue weighted by Gasteiger charge is 2.42. The molecule has 114 valence electrons. The van der Waals surface area contributed by atoms with Crippen LogP contribution in [-0.2, 0) is 9.59 Å². The zero-order valence-electron chi connectivity index (χ0n) is 12.4. The van der Waals surface area contributed by atoms with Crippen molar-refractivity contribution in [3.63, 3.8) is 0 Å². The average Bonchev–Trinajstić information content (AvgIpc) is 2.93. The topological polar surface area (TPSA) is 57.6 Å². The number of hydrogen-bond acceptors (Lipinski definition) is 3. The number of hydrogen-bond donors (Lipinski definition) is 1. The minimum absolute atomic E-state index is 0.0311. The van der Waals surface area contributed by atoms with Crippen LogP contribution in [0.5, 0.6) is 0 Å². The number of aliphatic carboxylic acids is 1. The number of rotatable bonds is 5. The molecule has 4 nitrogen and oxygen atoms in total. The lowest BCUT2D eigenvalue weighted by Gasteiger charge is -2.30. The van der Waals surface area contributed by atoms with Crippen molar-refractivity contribution in [1.82, 2.24) is 4.90 Å². The third-order valence-corrected chi connectivity index (χ3v) is 5.34. The van der Waals surface area contributed by atoms with Crippen molar-refractivity contribution >= 4 is 23.6 Å². The van der Waals surface area contributed by atoms with Crippen LogP contribution in [0.3, 0.4) is 0 Å². The van der Waals surface area contributed by atoms with Crippen molar-refractivity contribution in [2.45, 2.75) is 44.0 Å². The normalized spacial score (nSPS) is 23.0. The second-order valence-electron chi connectivity index (χ2n) is 5.17. The highest BCUT2D eigenvalue weighted by Crippen LogP contribution is 2.35. The van der Waals surface area contributed by atoms with Gasteiger partial charge in [-0.1, -0.05) is 44.2 Å². The van der Waals surface area contributed by atoms with Gasteiger partial charge in [-0.25, -0.2) is 4.79 Å². The van der Waals surface area contributed by atoms with Crippen molar-refractivity contribution in [3.05, 3.63) is 35.9 Å². The van der Waals surface area contributed by atoms with E-state index in [2.05, 4.69) is 0 Å². The molecule has 0 aromatic heterocycles. The molecule has 1 saturated heterocycles. The summed E-state index contributed by atoms with van der Waals surface area (Å²) in [6.07, 6.45) is 1.44. The minimum Gasteiger partial charge on any atom is -0.480 e. The third-order valence-electron chi connectivity index (χ3n) is 3.89. The summed E-state index contributed by atoms with van der Waals surface area (Å²) >= 11 is 1.56. The molecule has 21 heavy (non-hydrogen) atoms. The van der Waals surface area contributed by atoms with Gasteiger partial charge in [-0.05, 0) is 18.4 Å². The summed E-state index contributed by atoms with van der Waals surface area (Å²) in [5, 5.41) is 9.33. The van der Waals surface area contributed by atoms with Gasteiger partial charge in [-0.3, -0.25) is 4.79 Å². The molecule has 0 aliphatic carbocycles. The van der Waals surface area contributed by atoms with E-state index < -0.39 is 12.0 Å². The molecule has 1 aliphatic rings. The van der Waals surface area contributed by atoms with E-state index in [0.29, 0.717) is 12.2 Å². The molecule has 2 rings (SSSR count). The lowest BCUT2D eigenvalue weighted by atomic mass is 9.94. The summed E-state index contributed by atoms with van der Waals surface area (Å²) < 4.78 is 0. The van der Waals surface area contributed by atoms with E-state index >= 15 is 0 Å². The maximum Gasteiger partial charge on any atom is 0.327 e. The number of carboxylic acid groups (broad SMARTS) is 1. The van der Waals surface area contributed by atoms with E-state index in [4.69, 9.17) is 0 Å². The zero-order valence-corrected chi connectivity index (χ0v) is 13.2. The lowest BCUT2D eigenvalue weighted by Crippen LogP contribution is -2.47. The van der Waals surface area contributed by atoms with Gasteiger partial charge >= 0.3 is 5.97 Å². The van der Waals surface area contributed by atoms with E-state index in [0.717, 1.165) is 12.0 Å². The Kier molecular flexibility index (Phi) is 5.28. The minimum atomic E-state index is -0.908. The molecule has 0 spiro atoms. The summed E-state index contributed by atoms with van der Waals surface area (Å²) in [6.45, 7) is 3.96. The van der Waals surface area contributed by atoms with Crippen molar-refractivity contribution < 1.29 is 14.7 Å². The largest absolute Gasteiger partial charge is 0.480 e. The van der Waals surface area contributed by atoms with Crippen molar-refractivity contribution in [2.24, 2.45) is 0 Å². The zero-order chi connectivity index (χ0) is 15.4. The molecular formula is C16H21NO3S. The fourth-order valence-electron chi connectivity index (χ4n) is 2.78. The summed E-state index contributed by atoms with van der Waals surface area (Å²) in [5.41, 5.74) is 0.959. The van der Waals surface area contributed by atoms with Crippen LogP contribution in [0.4, 0.5) is 0 Å². The van der Waals surface area contributed by atoms with E-state index in [1.165, 1.54) is 0 Å². The predicted octanol–water partition coefficient (Wildman–Crippen LogP) is 2.94. The molecule has 3 atom stereocenters. The fraction of sp³-hybridized carbons (Fsp3) is 0.500. The Morgan fingerprint density at radius 2 is 2.00 bits per heavy atom. The quantitative estimate of drug-likeness (QED) is 0.908. The summed E-state index contributed by atoms with van der Waals surface area (Å²) in [5.74, 6) is -0.756. The van der Waals surface area contributed by atoms with Gasteiger partial charge in [-0.2, -0.15) is 0 Å². The van der Waals surface area contributed by atoms with Gasteiger partial charge in [0.1, 0.15) is 6.04 Å². The summed E-state index contributed by atoms with van der Waals surface area (Å²) in [7, 11) is 0. The second-order valence-corrected chi connectivity index (χ2v) is 6.38. The number of carbonyl (C=O) groups excluding carboxylic acids is 1. The first-order valence-corrected chi connectivity index (χ1v) is 8.36. The molecular weight excluding hydrogens is 286 g/mol. The highest BCUT2D eigenvalue weighted by atomic mass is 32.2. The fourth-order valence-corrected chi connectivity index (χ4v) is 4.14. The van der Waals surface area contributed by atoms with Crippen LogP contribution in [0.2, 0.25) is 0 Å². The molecule has 1 aromatic rings. The van der Waals surface area contributed by atoms with Crippen LogP contribution in [0.25, 0.3) is 0 Å². The Hall–Kier alpha value is -1.49. The highest BCUT2D eigenvalue weighted by molar-refractivity contribution is 8.00. The molecule has 1 aliphatic heterocycles. The van der Waals surface area contributed by atoms with Crippen LogP contribution in [0.15, 0.2) is 30.3 Å². The maximum absolute atomic E-state index is 12.9. The molecule has 5 heteroatoms. The van der Waals surface area contributed by atoms with Gasteiger partial charge in [-0.15, -0.1) is 11.8 Å². The number of carboxylic acids is 1. The van der Waals surface area contributed by atoms with E-state index in [9.17, 15) is 14.7 Å². The monoisotopic (exact) mass is 307 g/mol. The van der Waals surface area contributed by atoms with Gasteiger partial charge < -0.3 is 10.0 Å². The summed E-state index contributed by atoms with van der Waals surface area (Å²) in [6, 6.07) is 8.91. The Morgan fingerprint density at radius 3 is 2.52 bits per heavy atom. The molecule has 1 amide bonds. The number of carbonyl (C=O) groups is 2. The molecule has 1 heterocycles. The second kappa shape index (κ2) is 6.98. The van der Waals surface area contributed by atoms with Crippen LogP contribution in [0, 0.1) is 0 Å². The molecule has 1 fully saturated rings. The molecule has 0 saturated carbocycles. The molecule has 0 radical (unpaired) electrons. The van der Waals surface area contributed by atoms with Crippen LogP contribution < -0.4 is 0 Å². The third kappa shape index (κ3) is 3.23. The van der Waals surface area contributed by atoms with E-state index in [1.54, 1.807) is 16.7 Å². The number of amides is 1. The Labute approximate surface area is 129 Å². The van der Waals surface area contributed by atoms with Crippen molar-refractivity contribution in [3.8, 4) is 0 Å². The number of benzene rings is 1. The lowest BCUT2D eigenvalue weighted by molar-refractivity contribution is -0.149. The van der Waals surface area contributed by atoms with Gasteiger partial charge in [0.05, 0.1) is 11.3 Å². The SMILES string of the molecule is CCC(C(=O)N1C(CC)SCC1C(=O)O)c1ccccc1. The summed E-state index contributed by atoms with van der Waals surface area (Å²) in [4.78, 5) is 25.9. The number of nitrogens with zero attached hydrogens (tertiary/aromatic N) is 1. The Bertz CT molecular complexity index is 506. The van der Waals surface area contributed by atoms with E-state index in [-0.39, 0.29) is 17.2 Å². The Morgan fingerprint density at radius 1 is 1.33 bits per heavy atom. The Balaban J connectivity index is 2.28. The van der Waals surface area contributed by atoms with Gasteiger partial charge in [0.15, 0.2) is 0 Å². The molecule has 3 unspecified atom stereocenters. The molecule has 1 aromatic carbocycles. The molecule has 1 N–H and O–H groups in total. The molecule has 0 bridgehead atoms. The van der Waals surface area contributed by atoms with Crippen LogP contribution in [0.1, 0.15) is 38.2 Å². The predicted molar refractivity (Wildman–Crippen MR) is 84.3 cm³/mol.